The maximum Gasteiger partial charge on any atom is 0.408 e. The Kier molecular flexibility index (Phi) is 4.61. The van der Waals surface area contributed by atoms with Crippen LogP contribution in [0.1, 0.15) is 26.3 Å². The summed E-state index contributed by atoms with van der Waals surface area (Å²) in [6, 6.07) is 4.76. The van der Waals surface area contributed by atoms with Crippen molar-refractivity contribution in [2.24, 2.45) is 0 Å². The molecule has 0 bridgehead atoms. The Morgan fingerprint density at radius 2 is 2.04 bits per heavy atom. The molecule has 0 saturated carbocycles. The Morgan fingerprint density at radius 1 is 1.40 bits per heavy atom. The van der Waals surface area contributed by atoms with E-state index in [-0.39, 0.29) is 0 Å². The van der Waals surface area contributed by atoms with Gasteiger partial charge in [-0.1, -0.05) is 0 Å². The van der Waals surface area contributed by atoms with Crippen molar-refractivity contribution >= 4 is 17.7 Å². The van der Waals surface area contributed by atoms with Gasteiger partial charge in [-0.25, -0.2) is 4.79 Å². The highest BCUT2D eigenvalue weighted by Gasteiger charge is 2.55. The quantitative estimate of drug-likeness (QED) is 0.652. The Bertz CT molecular complexity index is 727. The number of methoxy groups -OCH3 is 1. The minimum absolute atomic E-state index is 0.293. The molecule has 2 amide bonds. The number of nitrogens with zero attached hydrogens (tertiary/aromatic N) is 2. The topological polar surface area (TPSA) is 111 Å². The van der Waals surface area contributed by atoms with Crippen LogP contribution in [0.5, 0.6) is 5.75 Å². The average molecular weight is 351 g/mol. The van der Waals surface area contributed by atoms with Crippen molar-refractivity contribution < 1.29 is 24.0 Å². The van der Waals surface area contributed by atoms with Gasteiger partial charge in [-0.2, -0.15) is 0 Å². The number of nitro groups is 1. The van der Waals surface area contributed by atoms with E-state index in [0.717, 1.165) is 0 Å². The van der Waals surface area contributed by atoms with Crippen LogP contribution in [0, 0.1) is 10.1 Å². The number of anilines is 1. The monoisotopic (exact) mass is 351 g/mol. The van der Waals surface area contributed by atoms with Crippen molar-refractivity contribution in [3.8, 4) is 5.75 Å². The zero-order valence-corrected chi connectivity index (χ0v) is 14.8. The first-order chi connectivity index (χ1) is 11.5. The van der Waals surface area contributed by atoms with E-state index in [1.54, 1.807) is 32.9 Å². The minimum Gasteiger partial charge on any atom is -0.497 e. The van der Waals surface area contributed by atoms with Gasteiger partial charge in [-0.3, -0.25) is 20.2 Å². The summed E-state index contributed by atoms with van der Waals surface area (Å²) in [7, 11) is 2.94. The summed E-state index contributed by atoms with van der Waals surface area (Å²) in [5, 5.41) is 13.7. The number of amides is 2. The van der Waals surface area contributed by atoms with Gasteiger partial charge in [0.15, 0.2) is 0 Å². The number of fused-ring (bicyclic) bond motifs is 1. The molecule has 1 atom stereocenters. The summed E-state index contributed by atoms with van der Waals surface area (Å²) in [5.41, 5.74) is -1.92. The lowest BCUT2D eigenvalue weighted by Crippen LogP contribution is -2.57. The molecule has 1 aromatic rings. The van der Waals surface area contributed by atoms with E-state index >= 15 is 0 Å². The van der Waals surface area contributed by atoms with Crippen molar-refractivity contribution in [2.75, 3.05) is 25.6 Å². The van der Waals surface area contributed by atoms with Crippen LogP contribution in [0.3, 0.4) is 0 Å². The smallest absolute Gasteiger partial charge is 0.408 e. The van der Waals surface area contributed by atoms with E-state index in [9.17, 15) is 19.7 Å². The van der Waals surface area contributed by atoms with Gasteiger partial charge in [0.1, 0.15) is 11.4 Å². The first kappa shape index (κ1) is 18.5. The molecule has 1 aromatic carbocycles. The molecule has 25 heavy (non-hydrogen) atoms. The third kappa shape index (κ3) is 3.49. The van der Waals surface area contributed by atoms with Gasteiger partial charge in [0.2, 0.25) is 12.1 Å². The number of ether oxygens (including phenoxy) is 2. The average Bonchev–Trinajstić information content (AvgIpc) is 2.67. The first-order valence-corrected chi connectivity index (χ1v) is 7.60. The van der Waals surface area contributed by atoms with Crippen LogP contribution in [-0.4, -0.2) is 43.2 Å². The molecule has 9 heteroatoms. The second-order valence-corrected chi connectivity index (χ2v) is 6.77. The van der Waals surface area contributed by atoms with Crippen LogP contribution in [0.4, 0.5) is 10.5 Å². The molecule has 0 fully saturated rings. The summed E-state index contributed by atoms with van der Waals surface area (Å²) >= 11 is 0. The molecule has 0 unspecified atom stereocenters. The van der Waals surface area contributed by atoms with Crippen LogP contribution in [0.2, 0.25) is 0 Å². The van der Waals surface area contributed by atoms with Crippen LogP contribution in [0.25, 0.3) is 0 Å². The minimum atomic E-state index is -1.86. The van der Waals surface area contributed by atoms with Gasteiger partial charge >= 0.3 is 6.09 Å². The molecule has 0 radical (unpaired) electrons. The molecular formula is C16H21N3O6. The number of hydrogen-bond acceptors (Lipinski definition) is 6. The molecular weight excluding hydrogens is 330 g/mol. The zero-order chi connectivity index (χ0) is 19.0. The third-order valence-electron chi connectivity index (χ3n) is 3.78. The van der Waals surface area contributed by atoms with Gasteiger partial charge in [0.25, 0.3) is 5.91 Å². The molecule has 1 heterocycles. The lowest BCUT2D eigenvalue weighted by atomic mass is 9.91. The SMILES string of the molecule is COc1ccc2c(c1)[C@@](C[N+](=O)[O-])(NC(=O)OC(C)(C)C)C(=O)N2C. The number of carbonyl (C=O) groups excluding carboxylic acids is 2. The fourth-order valence-electron chi connectivity index (χ4n) is 2.77. The Hall–Kier alpha value is -2.84. The number of hydrogen-bond donors (Lipinski definition) is 1. The van der Waals surface area contributed by atoms with E-state index in [1.165, 1.54) is 25.1 Å². The largest absolute Gasteiger partial charge is 0.497 e. The maximum atomic E-state index is 12.8. The second-order valence-electron chi connectivity index (χ2n) is 6.77. The molecule has 2 rings (SSSR count). The standard InChI is InChI=1S/C16H21N3O6/c1-15(2,3)25-14(21)17-16(9-19(22)23)11-8-10(24-5)6-7-12(11)18(4)13(16)20/h6-8H,9H2,1-5H3,(H,17,21)/t16-/m1/s1. The number of likely N-dealkylation sites (N-methyl/N-ethyl adjacent to an activating group) is 1. The molecule has 9 nitrogen and oxygen atoms in total. The van der Waals surface area contributed by atoms with Crippen molar-refractivity contribution in [1.82, 2.24) is 5.32 Å². The molecule has 1 aliphatic rings. The number of alkyl carbamates (subject to hydrolysis) is 1. The fourth-order valence-corrected chi connectivity index (χ4v) is 2.77. The fraction of sp³-hybridized carbons (Fsp3) is 0.500. The second kappa shape index (κ2) is 6.23. The van der Waals surface area contributed by atoms with Crippen LogP contribution < -0.4 is 15.0 Å². The van der Waals surface area contributed by atoms with Crippen molar-refractivity contribution in [3.63, 3.8) is 0 Å². The van der Waals surface area contributed by atoms with Gasteiger partial charge < -0.3 is 14.4 Å². The van der Waals surface area contributed by atoms with Crippen LogP contribution >= 0.6 is 0 Å². The Balaban J connectivity index is 2.54. The van der Waals surface area contributed by atoms with E-state index in [2.05, 4.69) is 5.32 Å². The normalized spacial score (nSPS) is 19.4. The van der Waals surface area contributed by atoms with E-state index < -0.39 is 34.6 Å². The van der Waals surface area contributed by atoms with E-state index in [1.807, 2.05) is 0 Å². The predicted octanol–water partition coefficient (Wildman–Crippen LogP) is 1.67. The maximum absolute atomic E-state index is 12.8. The summed E-state index contributed by atoms with van der Waals surface area (Å²) in [6.45, 7) is 4.17. The summed E-state index contributed by atoms with van der Waals surface area (Å²) < 4.78 is 10.3. The van der Waals surface area contributed by atoms with Gasteiger partial charge in [0.05, 0.1) is 12.8 Å². The molecule has 0 aliphatic carbocycles. The lowest BCUT2D eigenvalue weighted by molar-refractivity contribution is -0.488. The summed E-state index contributed by atoms with van der Waals surface area (Å²) in [4.78, 5) is 37.0. The third-order valence-corrected chi connectivity index (χ3v) is 3.78. The highest BCUT2D eigenvalue weighted by atomic mass is 16.6. The molecule has 0 aromatic heterocycles. The van der Waals surface area contributed by atoms with Gasteiger partial charge in [-0.15, -0.1) is 0 Å². The lowest BCUT2D eigenvalue weighted by Gasteiger charge is -2.28. The predicted molar refractivity (Wildman–Crippen MR) is 89.3 cm³/mol. The van der Waals surface area contributed by atoms with Crippen molar-refractivity contribution in [2.45, 2.75) is 31.9 Å². The summed E-state index contributed by atoms with van der Waals surface area (Å²) in [5.74, 6) is -0.195. The van der Waals surface area contributed by atoms with Crippen molar-refractivity contribution in [1.29, 1.82) is 0 Å². The molecule has 0 spiro atoms. The number of carbonyl (C=O) groups is 2. The zero-order valence-electron chi connectivity index (χ0n) is 14.8. The number of rotatable bonds is 4. The highest BCUT2D eigenvalue weighted by molar-refractivity contribution is 6.09. The van der Waals surface area contributed by atoms with Gasteiger partial charge in [0, 0.05) is 17.5 Å². The van der Waals surface area contributed by atoms with Crippen LogP contribution in [0.15, 0.2) is 18.2 Å². The Morgan fingerprint density at radius 3 is 2.56 bits per heavy atom. The highest BCUT2D eigenvalue weighted by Crippen LogP contribution is 2.41. The molecule has 1 aliphatic heterocycles. The number of benzene rings is 1. The molecule has 0 saturated heterocycles. The van der Waals surface area contributed by atoms with E-state index in [0.29, 0.717) is 17.0 Å². The molecule has 1 N–H and O–H groups in total. The Labute approximate surface area is 145 Å². The number of nitrogens with one attached hydrogen (secondary N) is 1. The summed E-state index contributed by atoms with van der Waals surface area (Å²) in [6.07, 6.45) is -0.910. The van der Waals surface area contributed by atoms with Gasteiger partial charge in [-0.05, 0) is 39.0 Å². The van der Waals surface area contributed by atoms with Crippen molar-refractivity contribution in [3.05, 3.63) is 33.9 Å². The first-order valence-electron chi connectivity index (χ1n) is 7.60. The van der Waals surface area contributed by atoms with E-state index in [4.69, 9.17) is 9.47 Å². The molecule has 136 valence electrons. The van der Waals surface area contributed by atoms with Crippen LogP contribution in [-0.2, 0) is 15.1 Å².